The third-order valence-corrected chi connectivity index (χ3v) is 4.61. The van der Waals surface area contributed by atoms with E-state index in [2.05, 4.69) is 16.2 Å². The van der Waals surface area contributed by atoms with Gasteiger partial charge in [-0.1, -0.05) is 12.1 Å². The maximum absolute atomic E-state index is 13.5. The van der Waals surface area contributed by atoms with E-state index in [1.165, 1.54) is 11.6 Å². The van der Waals surface area contributed by atoms with Crippen LogP contribution in [0.5, 0.6) is 0 Å². The number of likely N-dealkylation sites (tertiary alicyclic amines) is 1. The van der Waals surface area contributed by atoms with Crippen molar-refractivity contribution in [2.75, 3.05) is 13.7 Å². The summed E-state index contributed by atoms with van der Waals surface area (Å²) >= 11 is 0. The van der Waals surface area contributed by atoms with Crippen LogP contribution in [-0.4, -0.2) is 40.5 Å². The van der Waals surface area contributed by atoms with E-state index < -0.39 is 0 Å². The van der Waals surface area contributed by atoms with Crippen LogP contribution >= 0.6 is 0 Å². The quantitative estimate of drug-likeness (QED) is 0.849. The van der Waals surface area contributed by atoms with Crippen LogP contribution in [0, 0.1) is 5.82 Å². The van der Waals surface area contributed by atoms with Crippen molar-refractivity contribution >= 4 is 0 Å². The zero-order valence-corrected chi connectivity index (χ0v) is 13.8. The second-order valence-electron chi connectivity index (χ2n) is 6.31. The van der Waals surface area contributed by atoms with Gasteiger partial charge in [0, 0.05) is 38.5 Å². The second kappa shape index (κ2) is 7.23. The molecule has 0 N–H and O–H groups in total. The molecule has 0 aliphatic carbocycles. The first kappa shape index (κ1) is 16.1. The monoisotopic (exact) mass is 317 g/mol. The highest BCUT2D eigenvalue weighted by Gasteiger charge is 2.31. The molecule has 1 aromatic heterocycles. The molecule has 0 bridgehead atoms. The number of nitrogens with zero attached hydrogens (tertiary/aromatic N) is 3. The molecule has 3 rings (SSSR count). The molecular formula is C18H24FN3O. The number of hydrogen-bond donors (Lipinski definition) is 0. The Bertz CT molecular complexity index is 643. The van der Waals surface area contributed by atoms with Gasteiger partial charge in [0.05, 0.1) is 12.3 Å². The van der Waals surface area contributed by atoms with Crippen molar-refractivity contribution in [3.63, 3.8) is 0 Å². The summed E-state index contributed by atoms with van der Waals surface area (Å²) in [5.74, 6) is -0.175. The van der Waals surface area contributed by atoms with Crippen molar-refractivity contribution in [3.05, 3.63) is 53.6 Å². The summed E-state index contributed by atoms with van der Waals surface area (Å²) < 4.78 is 21.0. The fraction of sp³-hybridized carbons (Fsp3) is 0.500. The lowest BCUT2D eigenvalue weighted by Gasteiger charge is -2.40. The Morgan fingerprint density at radius 2 is 2.22 bits per heavy atom. The molecule has 1 aliphatic heterocycles. The normalized spacial score (nSPS) is 22.4. The molecule has 4 nitrogen and oxygen atoms in total. The van der Waals surface area contributed by atoms with E-state index in [4.69, 9.17) is 4.74 Å². The third kappa shape index (κ3) is 3.98. The molecule has 0 radical (unpaired) electrons. The Morgan fingerprint density at radius 1 is 1.35 bits per heavy atom. The molecule has 0 spiro atoms. The Hall–Kier alpha value is -1.72. The van der Waals surface area contributed by atoms with Gasteiger partial charge in [-0.15, -0.1) is 0 Å². The lowest BCUT2D eigenvalue weighted by atomic mass is 9.92. The summed E-state index contributed by atoms with van der Waals surface area (Å²) in [5.41, 5.74) is 2.23. The number of aryl methyl sites for hydroxylation is 1. The highest BCUT2D eigenvalue weighted by Crippen LogP contribution is 2.25. The largest absolute Gasteiger partial charge is 0.380 e. The van der Waals surface area contributed by atoms with Crippen molar-refractivity contribution in [2.24, 2.45) is 7.05 Å². The molecule has 1 aliphatic rings. The number of halogens is 1. The van der Waals surface area contributed by atoms with Crippen LogP contribution in [0.25, 0.3) is 0 Å². The van der Waals surface area contributed by atoms with Gasteiger partial charge in [-0.25, -0.2) is 4.39 Å². The maximum Gasteiger partial charge on any atom is 0.123 e. The molecule has 1 saturated heterocycles. The predicted molar refractivity (Wildman–Crippen MR) is 87.5 cm³/mol. The number of ether oxygens (including phenoxy) is 1. The van der Waals surface area contributed by atoms with Crippen LogP contribution in [0.4, 0.5) is 4.39 Å². The molecule has 2 aromatic rings. The molecule has 0 amide bonds. The average molecular weight is 317 g/mol. The van der Waals surface area contributed by atoms with E-state index in [-0.39, 0.29) is 18.0 Å². The molecular weight excluding hydrogens is 293 g/mol. The highest BCUT2D eigenvalue weighted by molar-refractivity contribution is 5.18. The number of aromatic nitrogens is 2. The summed E-state index contributed by atoms with van der Waals surface area (Å²) in [6.45, 7) is 1.89. The number of benzene rings is 1. The first-order valence-electron chi connectivity index (χ1n) is 8.14. The molecule has 0 unspecified atom stereocenters. The maximum atomic E-state index is 13.5. The van der Waals surface area contributed by atoms with E-state index in [0.717, 1.165) is 37.9 Å². The minimum absolute atomic E-state index is 0.175. The van der Waals surface area contributed by atoms with Crippen molar-refractivity contribution in [2.45, 2.75) is 38.0 Å². The lowest BCUT2D eigenvalue weighted by molar-refractivity contribution is -0.0218. The van der Waals surface area contributed by atoms with Gasteiger partial charge in [0.1, 0.15) is 5.82 Å². The van der Waals surface area contributed by atoms with Crippen molar-refractivity contribution in [3.8, 4) is 0 Å². The SMILES string of the molecule is CO[C@H]1CCCN(Cc2cnn(C)c2)[C@H]1Cc1cccc(F)c1. The fourth-order valence-electron chi connectivity index (χ4n) is 3.51. The van der Waals surface area contributed by atoms with E-state index in [0.29, 0.717) is 0 Å². The minimum Gasteiger partial charge on any atom is -0.380 e. The Kier molecular flexibility index (Phi) is 5.08. The van der Waals surface area contributed by atoms with Gasteiger partial charge in [0.15, 0.2) is 0 Å². The Labute approximate surface area is 136 Å². The summed E-state index contributed by atoms with van der Waals surface area (Å²) in [6.07, 6.45) is 7.13. The van der Waals surface area contributed by atoms with Crippen LogP contribution < -0.4 is 0 Å². The zero-order chi connectivity index (χ0) is 16.2. The van der Waals surface area contributed by atoms with E-state index >= 15 is 0 Å². The van der Waals surface area contributed by atoms with Gasteiger partial charge in [-0.05, 0) is 43.5 Å². The minimum atomic E-state index is -0.175. The van der Waals surface area contributed by atoms with Crippen molar-refractivity contribution < 1.29 is 9.13 Å². The van der Waals surface area contributed by atoms with Crippen molar-refractivity contribution in [1.29, 1.82) is 0 Å². The van der Waals surface area contributed by atoms with Crippen LogP contribution in [0.15, 0.2) is 36.7 Å². The van der Waals surface area contributed by atoms with E-state index in [1.54, 1.807) is 19.2 Å². The topological polar surface area (TPSA) is 30.3 Å². The second-order valence-corrected chi connectivity index (χ2v) is 6.31. The molecule has 124 valence electrons. The fourth-order valence-corrected chi connectivity index (χ4v) is 3.51. The summed E-state index contributed by atoms with van der Waals surface area (Å²) in [7, 11) is 3.71. The van der Waals surface area contributed by atoms with Crippen molar-refractivity contribution in [1.82, 2.24) is 14.7 Å². The molecule has 23 heavy (non-hydrogen) atoms. The molecule has 2 atom stereocenters. The van der Waals surface area contributed by atoms with Gasteiger partial charge in [0.2, 0.25) is 0 Å². The number of hydrogen-bond acceptors (Lipinski definition) is 3. The smallest absolute Gasteiger partial charge is 0.123 e. The first-order chi connectivity index (χ1) is 11.2. The van der Waals surface area contributed by atoms with E-state index in [9.17, 15) is 4.39 Å². The van der Waals surface area contributed by atoms with Crippen LogP contribution in [0.3, 0.4) is 0 Å². The van der Waals surface area contributed by atoms with Crippen LogP contribution in [0.2, 0.25) is 0 Å². The predicted octanol–water partition coefficient (Wildman–Crippen LogP) is 2.78. The molecule has 0 saturated carbocycles. The average Bonchev–Trinajstić information content (AvgIpc) is 2.94. The van der Waals surface area contributed by atoms with Gasteiger partial charge in [0.25, 0.3) is 0 Å². The Balaban J connectivity index is 1.77. The number of piperidine rings is 1. The molecule has 1 fully saturated rings. The summed E-state index contributed by atoms with van der Waals surface area (Å²) in [5, 5.41) is 4.25. The Morgan fingerprint density at radius 3 is 2.91 bits per heavy atom. The molecule has 5 heteroatoms. The van der Waals surface area contributed by atoms with E-state index in [1.807, 2.05) is 24.0 Å². The summed E-state index contributed by atoms with van der Waals surface area (Å²) in [6, 6.07) is 7.15. The van der Waals surface area contributed by atoms with Gasteiger partial charge in [-0.3, -0.25) is 9.58 Å². The first-order valence-corrected chi connectivity index (χ1v) is 8.14. The molecule has 2 heterocycles. The third-order valence-electron chi connectivity index (χ3n) is 4.61. The number of methoxy groups -OCH3 is 1. The molecule has 1 aromatic carbocycles. The highest BCUT2D eigenvalue weighted by atomic mass is 19.1. The summed E-state index contributed by atoms with van der Waals surface area (Å²) in [4.78, 5) is 2.44. The standard InChI is InChI=1S/C18H24FN3O/c1-21-12-15(11-20-21)13-22-8-4-7-18(23-2)17(22)10-14-5-3-6-16(19)9-14/h3,5-6,9,11-12,17-18H,4,7-8,10,13H2,1-2H3/t17-,18-/m0/s1. The van der Waals surface area contributed by atoms with Crippen LogP contribution in [-0.2, 0) is 24.8 Å². The van der Waals surface area contributed by atoms with Crippen LogP contribution in [0.1, 0.15) is 24.0 Å². The number of rotatable bonds is 5. The van der Waals surface area contributed by atoms with Gasteiger partial charge < -0.3 is 4.74 Å². The van der Waals surface area contributed by atoms with Gasteiger partial charge >= 0.3 is 0 Å². The zero-order valence-electron chi connectivity index (χ0n) is 13.8. The lowest BCUT2D eigenvalue weighted by Crippen LogP contribution is -2.49. The van der Waals surface area contributed by atoms with Gasteiger partial charge in [-0.2, -0.15) is 5.10 Å².